The van der Waals surface area contributed by atoms with Gasteiger partial charge in [0.2, 0.25) is 0 Å². The lowest BCUT2D eigenvalue weighted by Gasteiger charge is -2.20. The summed E-state index contributed by atoms with van der Waals surface area (Å²) in [7, 11) is 0. The largest absolute Gasteiger partial charge is 0.369 e. The minimum absolute atomic E-state index is 0.642. The van der Waals surface area contributed by atoms with Crippen molar-refractivity contribution in [3.63, 3.8) is 0 Å². The van der Waals surface area contributed by atoms with Crippen LogP contribution in [0.2, 0.25) is 5.02 Å². The van der Waals surface area contributed by atoms with E-state index in [1.165, 1.54) is 54.7 Å². The second-order valence-electron chi connectivity index (χ2n) is 6.57. The van der Waals surface area contributed by atoms with Crippen molar-refractivity contribution >= 4 is 17.4 Å². The zero-order valence-corrected chi connectivity index (χ0v) is 13.8. The molecule has 0 spiro atoms. The molecule has 1 aliphatic carbocycles. The number of nitrogens with zero attached hydrogens (tertiary/aromatic N) is 2. The molecule has 1 saturated carbocycles. The van der Waals surface area contributed by atoms with Gasteiger partial charge in [-0.1, -0.05) is 36.9 Å². The van der Waals surface area contributed by atoms with Gasteiger partial charge in [0.15, 0.2) is 0 Å². The quantitative estimate of drug-likeness (QED) is 0.858. The van der Waals surface area contributed by atoms with E-state index in [2.05, 4.69) is 23.0 Å². The van der Waals surface area contributed by atoms with Gasteiger partial charge in [-0.3, -0.25) is 0 Å². The van der Waals surface area contributed by atoms with Gasteiger partial charge in [0.1, 0.15) is 5.82 Å². The number of hydrogen-bond donors (Lipinski definition) is 1. The molecule has 116 valence electrons. The third-order valence-corrected chi connectivity index (χ3v) is 5.31. The first-order valence-corrected chi connectivity index (χ1v) is 8.74. The summed E-state index contributed by atoms with van der Waals surface area (Å²) in [5.41, 5.74) is 5.07. The minimum atomic E-state index is 0.642. The monoisotopic (exact) mass is 315 g/mol. The van der Waals surface area contributed by atoms with E-state index in [0.29, 0.717) is 5.92 Å². The van der Waals surface area contributed by atoms with Crippen LogP contribution in [0.25, 0.3) is 5.69 Å². The van der Waals surface area contributed by atoms with E-state index in [0.717, 1.165) is 23.7 Å². The van der Waals surface area contributed by atoms with Crippen molar-refractivity contribution in [3.05, 3.63) is 40.0 Å². The molecule has 1 aliphatic heterocycles. The van der Waals surface area contributed by atoms with E-state index in [1.54, 1.807) is 0 Å². The molecule has 0 radical (unpaired) electrons. The Morgan fingerprint density at radius 2 is 2.05 bits per heavy atom. The number of benzene rings is 1. The summed E-state index contributed by atoms with van der Waals surface area (Å²) in [5, 5.41) is 9.32. The highest BCUT2D eigenvalue weighted by Gasteiger charge is 2.29. The highest BCUT2D eigenvalue weighted by Crippen LogP contribution is 2.39. The summed E-state index contributed by atoms with van der Waals surface area (Å²) in [4.78, 5) is 0. The van der Waals surface area contributed by atoms with E-state index in [1.807, 2.05) is 12.1 Å². The van der Waals surface area contributed by atoms with Gasteiger partial charge in [-0.05, 0) is 43.9 Å². The second kappa shape index (κ2) is 5.62. The molecule has 4 heteroatoms. The molecule has 2 aliphatic rings. The summed E-state index contributed by atoms with van der Waals surface area (Å²) in [6.45, 7) is 3.14. The van der Waals surface area contributed by atoms with E-state index in [9.17, 15) is 0 Å². The summed E-state index contributed by atoms with van der Waals surface area (Å²) in [5.74, 6) is 1.83. The molecular formula is C18H22ClN3. The molecule has 2 heterocycles. The lowest BCUT2D eigenvalue weighted by Crippen LogP contribution is -2.10. The fraction of sp³-hybridized carbons (Fsp3) is 0.500. The number of fused-ring (bicyclic) bond motifs is 1. The number of rotatable bonds is 2. The van der Waals surface area contributed by atoms with Crippen molar-refractivity contribution in [2.24, 2.45) is 0 Å². The normalized spacial score (nSPS) is 18.3. The van der Waals surface area contributed by atoms with Crippen molar-refractivity contribution in [1.82, 2.24) is 9.78 Å². The lowest BCUT2D eigenvalue weighted by atomic mass is 9.85. The summed E-state index contributed by atoms with van der Waals surface area (Å²) in [6.07, 6.45) is 7.74. The van der Waals surface area contributed by atoms with Crippen LogP contribution in [0.4, 0.5) is 5.82 Å². The Hall–Kier alpha value is -1.48. The maximum Gasteiger partial charge on any atom is 0.133 e. The molecule has 0 unspecified atom stereocenters. The Labute approximate surface area is 136 Å². The summed E-state index contributed by atoms with van der Waals surface area (Å²) in [6, 6.07) is 6.04. The number of aromatic nitrogens is 2. The van der Waals surface area contributed by atoms with Gasteiger partial charge >= 0.3 is 0 Å². The third-order valence-electron chi connectivity index (χ3n) is 5.07. The zero-order chi connectivity index (χ0) is 15.1. The molecule has 22 heavy (non-hydrogen) atoms. The van der Waals surface area contributed by atoms with Gasteiger partial charge in [0.25, 0.3) is 0 Å². The Bertz CT molecular complexity index is 699. The van der Waals surface area contributed by atoms with Gasteiger partial charge in [0.05, 0.1) is 11.4 Å². The number of halogens is 1. The van der Waals surface area contributed by atoms with Crippen LogP contribution >= 0.6 is 11.6 Å². The number of anilines is 1. The SMILES string of the molecule is Cc1ccc(Cl)cc1-n1nc(C2CCCCC2)c2c1NCC2. The van der Waals surface area contributed by atoms with Crippen LogP contribution < -0.4 is 5.32 Å². The number of hydrogen-bond acceptors (Lipinski definition) is 2. The zero-order valence-electron chi connectivity index (χ0n) is 13.0. The maximum absolute atomic E-state index is 6.21. The highest BCUT2D eigenvalue weighted by atomic mass is 35.5. The van der Waals surface area contributed by atoms with Crippen molar-refractivity contribution in [3.8, 4) is 5.69 Å². The van der Waals surface area contributed by atoms with E-state index < -0.39 is 0 Å². The first kappa shape index (κ1) is 14.1. The molecule has 0 saturated heterocycles. The van der Waals surface area contributed by atoms with Crippen LogP contribution in [0.5, 0.6) is 0 Å². The molecule has 1 aromatic heterocycles. The fourth-order valence-corrected chi connectivity index (χ4v) is 4.06. The van der Waals surface area contributed by atoms with Crippen LogP contribution in [0, 0.1) is 6.92 Å². The molecule has 3 nitrogen and oxygen atoms in total. The first-order chi connectivity index (χ1) is 10.7. The van der Waals surface area contributed by atoms with Crippen molar-refractivity contribution in [2.45, 2.75) is 51.4 Å². The summed E-state index contributed by atoms with van der Waals surface area (Å²) >= 11 is 6.21. The van der Waals surface area contributed by atoms with Crippen LogP contribution in [-0.2, 0) is 6.42 Å². The predicted octanol–water partition coefficient (Wildman–Crippen LogP) is 4.85. The van der Waals surface area contributed by atoms with Gasteiger partial charge in [-0.25, -0.2) is 4.68 Å². The van der Waals surface area contributed by atoms with Crippen molar-refractivity contribution < 1.29 is 0 Å². The Balaban J connectivity index is 1.82. The van der Waals surface area contributed by atoms with E-state index in [-0.39, 0.29) is 0 Å². The fourth-order valence-electron chi connectivity index (χ4n) is 3.89. The average molecular weight is 316 g/mol. The van der Waals surface area contributed by atoms with Gasteiger partial charge in [-0.2, -0.15) is 5.10 Å². The first-order valence-electron chi connectivity index (χ1n) is 8.36. The Morgan fingerprint density at radius 1 is 1.23 bits per heavy atom. The molecule has 4 rings (SSSR count). The molecule has 2 aromatic rings. The molecule has 1 aromatic carbocycles. The summed E-state index contributed by atoms with van der Waals surface area (Å²) < 4.78 is 2.09. The van der Waals surface area contributed by atoms with Crippen molar-refractivity contribution in [2.75, 3.05) is 11.9 Å². The molecule has 1 fully saturated rings. The van der Waals surface area contributed by atoms with Crippen LogP contribution in [-0.4, -0.2) is 16.3 Å². The smallest absolute Gasteiger partial charge is 0.133 e. The van der Waals surface area contributed by atoms with Gasteiger partial charge < -0.3 is 5.32 Å². The van der Waals surface area contributed by atoms with Crippen LogP contribution in [0.15, 0.2) is 18.2 Å². The molecule has 1 N–H and O–H groups in total. The van der Waals surface area contributed by atoms with Crippen LogP contribution in [0.3, 0.4) is 0 Å². The van der Waals surface area contributed by atoms with Gasteiger partial charge in [-0.15, -0.1) is 0 Å². The Kier molecular flexibility index (Phi) is 3.61. The number of aryl methyl sites for hydroxylation is 1. The van der Waals surface area contributed by atoms with Crippen LogP contribution in [0.1, 0.15) is 54.8 Å². The third kappa shape index (κ3) is 2.32. The molecule has 0 bridgehead atoms. The molecular weight excluding hydrogens is 294 g/mol. The Morgan fingerprint density at radius 3 is 2.86 bits per heavy atom. The number of nitrogens with one attached hydrogen (secondary N) is 1. The van der Waals surface area contributed by atoms with E-state index in [4.69, 9.17) is 16.7 Å². The lowest BCUT2D eigenvalue weighted by molar-refractivity contribution is 0.433. The highest BCUT2D eigenvalue weighted by molar-refractivity contribution is 6.30. The maximum atomic E-state index is 6.21. The van der Waals surface area contributed by atoms with Crippen molar-refractivity contribution in [1.29, 1.82) is 0 Å². The van der Waals surface area contributed by atoms with Gasteiger partial charge in [0, 0.05) is 23.0 Å². The topological polar surface area (TPSA) is 29.9 Å². The second-order valence-corrected chi connectivity index (χ2v) is 7.00. The molecule has 0 amide bonds. The van der Waals surface area contributed by atoms with E-state index >= 15 is 0 Å². The average Bonchev–Trinajstić information content (AvgIpc) is 3.13. The predicted molar refractivity (Wildman–Crippen MR) is 91.3 cm³/mol. The standard InChI is InChI=1S/C18H22ClN3/c1-12-7-8-14(19)11-16(12)22-18-15(9-10-20-18)17(21-22)13-5-3-2-4-6-13/h7-8,11,13,20H,2-6,9-10H2,1H3. The minimum Gasteiger partial charge on any atom is -0.369 e. The molecule has 0 atom stereocenters.